The second-order valence-corrected chi connectivity index (χ2v) is 7.45. The summed E-state index contributed by atoms with van der Waals surface area (Å²) in [7, 11) is 1.44. The van der Waals surface area contributed by atoms with Gasteiger partial charge in [-0.2, -0.15) is 0 Å². The summed E-state index contributed by atoms with van der Waals surface area (Å²) in [6.07, 6.45) is -1.23. The van der Waals surface area contributed by atoms with Gasteiger partial charge in [-0.25, -0.2) is 4.79 Å². The summed E-state index contributed by atoms with van der Waals surface area (Å²) in [5.74, 6) is -2.38. The lowest BCUT2D eigenvalue weighted by Gasteiger charge is -2.42. The molecule has 1 aromatic rings. The van der Waals surface area contributed by atoms with Crippen molar-refractivity contribution in [2.24, 2.45) is 0 Å². The van der Waals surface area contributed by atoms with Crippen molar-refractivity contribution in [1.29, 1.82) is 0 Å². The maximum Gasteiger partial charge on any atom is 0.327 e. The number of nitrogens with one attached hydrogen (secondary N) is 1. The van der Waals surface area contributed by atoms with E-state index in [4.69, 9.17) is 4.74 Å². The van der Waals surface area contributed by atoms with Crippen LogP contribution in [0.5, 0.6) is 0 Å². The van der Waals surface area contributed by atoms with Gasteiger partial charge >= 0.3 is 12.0 Å². The third-order valence-corrected chi connectivity index (χ3v) is 4.90. The first-order valence-electron chi connectivity index (χ1n) is 9.03. The fraction of sp³-hybridized carbons (Fsp3) is 0.421. The molecule has 0 saturated carbocycles. The minimum absolute atomic E-state index is 0.117. The first-order valence-corrected chi connectivity index (χ1v) is 9.03. The topological polar surface area (TPSA) is 116 Å². The van der Waals surface area contributed by atoms with Crippen molar-refractivity contribution in [2.75, 3.05) is 30.4 Å². The number of esters is 1. The first-order chi connectivity index (χ1) is 13.5. The van der Waals surface area contributed by atoms with E-state index in [0.29, 0.717) is 11.4 Å². The fourth-order valence-electron chi connectivity index (χ4n) is 3.27. The Labute approximate surface area is 167 Å². The largest absolute Gasteiger partial charge is 0.451 e. The highest BCUT2D eigenvalue weighted by atomic mass is 16.5. The van der Waals surface area contributed by atoms with E-state index in [-0.39, 0.29) is 12.5 Å². The molecule has 0 aliphatic carbocycles. The Morgan fingerprint density at radius 3 is 2.48 bits per heavy atom. The Morgan fingerprint density at radius 1 is 1.21 bits per heavy atom. The molecule has 1 N–H and O–H groups in total. The molecule has 0 spiro atoms. The molecule has 29 heavy (non-hydrogen) atoms. The van der Waals surface area contributed by atoms with Crippen LogP contribution < -0.4 is 10.2 Å². The van der Waals surface area contributed by atoms with Gasteiger partial charge in [-0.1, -0.05) is 12.1 Å². The molecule has 1 atom stereocenters. The van der Waals surface area contributed by atoms with E-state index >= 15 is 0 Å². The summed E-state index contributed by atoms with van der Waals surface area (Å²) >= 11 is 0. The van der Waals surface area contributed by atoms with Gasteiger partial charge in [0.05, 0.1) is 11.4 Å². The van der Waals surface area contributed by atoms with Gasteiger partial charge in [-0.15, -0.1) is 0 Å². The van der Waals surface area contributed by atoms with Crippen LogP contribution in [0, 0.1) is 0 Å². The van der Waals surface area contributed by atoms with Crippen LogP contribution in [0.3, 0.4) is 0 Å². The molecule has 1 saturated heterocycles. The van der Waals surface area contributed by atoms with Crippen LogP contribution in [0.1, 0.15) is 20.8 Å². The van der Waals surface area contributed by atoms with Crippen molar-refractivity contribution in [2.45, 2.75) is 32.4 Å². The molecule has 0 radical (unpaired) electrons. The third-order valence-electron chi connectivity index (χ3n) is 4.90. The van der Waals surface area contributed by atoms with E-state index in [0.717, 1.165) is 4.90 Å². The minimum Gasteiger partial charge on any atom is -0.451 e. The zero-order valence-corrected chi connectivity index (χ0v) is 16.6. The van der Waals surface area contributed by atoms with Crippen molar-refractivity contribution < 1.29 is 28.7 Å². The van der Waals surface area contributed by atoms with Crippen molar-refractivity contribution in [1.82, 2.24) is 9.80 Å². The van der Waals surface area contributed by atoms with Gasteiger partial charge in [0.1, 0.15) is 18.6 Å². The van der Waals surface area contributed by atoms with Crippen molar-refractivity contribution in [3.8, 4) is 0 Å². The van der Waals surface area contributed by atoms with E-state index in [9.17, 15) is 24.0 Å². The van der Waals surface area contributed by atoms with Gasteiger partial charge in [-0.05, 0) is 32.9 Å². The predicted octanol–water partition coefficient (Wildman–Crippen LogP) is 0.576. The predicted molar refractivity (Wildman–Crippen MR) is 102 cm³/mol. The van der Waals surface area contributed by atoms with E-state index in [2.05, 4.69) is 5.32 Å². The number of fused-ring (bicyclic) bond motifs is 1. The van der Waals surface area contributed by atoms with Gasteiger partial charge in [0.25, 0.3) is 11.8 Å². The summed E-state index contributed by atoms with van der Waals surface area (Å²) in [5.41, 5.74) is -0.257. The number of nitrogens with zero attached hydrogens (tertiary/aromatic N) is 3. The highest BCUT2D eigenvalue weighted by Crippen LogP contribution is 2.37. The standard InChI is InChI=1S/C19H22N4O6/c1-11(29-15(25)10-22-14(24)9-21(4)18(22)28)16(26)23-13-8-6-5-7-12(13)20-17(27)19(23,2)3/h5-8,11H,9-10H2,1-4H3,(H,20,27)/t11-/m0/s1. The number of ether oxygens (including phenoxy) is 1. The molecule has 2 heterocycles. The van der Waals surface area contributed by atoms with E-state index in [1.54, 1.807) is 38.1 Å². The summed E-state index contributed by atoms with van der Waals surface area (Å²) in [4.78, 5) is 64.7. The lowest BCUT2D eigenvalue weighted by atomic mass is 9.95. The fourth-order valence-corrected chi connectivity index (χ4v) is 3.27. The Kier molecular flexibility index (Phi) is 5.04. The van der Waals surface area contributed by atoms with Crippen LogP contribution >= 0.6 is 0 Å². The summed E-state index contributed by atoms with van der Waals surface area (Å²) < 4.78 is 5.18. The number of hydrogen-bond acceptors (Lipinski definition) is 6. The number of amides is 5. The number of urea groups is 1. The monoisotopic (exact) mass is 402 g/mol. The SMILES string of the molecule is C[C@H](OC(=O)CN1C(=O)CN(C)C1=O)C(=O)N1c2ccccc2NC(=O)C1(C)C. The maximum absolute atomic E-state index is 13.1. The molecule has 0 aromatic heterocycles. The summed E-state index contributed by atoms with van der Waals surface area (Å²) in [6, 6.07) is 6.20. The Balaban J connectivity index is 1.76. The number of carbonyl (C=O) groups excluding carboxylic acids is 5. The van der Waals surface area contributed by atoms with Gasteiger partial charge in [0, 0.05) is 7.05 Å². The molecule has 1 fully saturated rings. The quantitative estimate of drug-likeness (QED) is 0.582. The number of imide groups is 1. The van der Waals surface area contributed by atoms with Gasteiger partial charge in [0.15, 0.2) is 6.10 Å². The molecule has 5 amide bonds. The first kappa shape index (κ1) is 20.3. The highest BCUT2D eigenvalue weighted by Gasteiger charge is 2.45. The van der Waals surface area contributed by atoms with Gasteiger partial charge in [0.2, 0.25) is 5.91 Å². The average Bonchev–Trinajstić information content (AvgIpc) is 2.88. The summed E-state index contributed by atoms with van der Waals surface area (Å²) in [5, 5.41) is 2.75. The number of carbonyl (C=O) groups is 5. The zero-order valence-electron chi connectivity index (χ0n) is 16.6. The molecular formula is C19H22N4O6. The van der Waals surface area contributed by atoms with E-state index < -0.39 is 42.0 Å². The number of benzene rings is 1. The van der Waals surface area contributed by atoms with Crippen molar-refractivity contribution in [3.63, 3.8) is 0 Å². The maximum atomic E-state index is 13.1. The molecule has 154 valence electrons. The van der Waals surface area contributed by atoms with Crippen LogP contribution in [0.2, 0.25) is 0 Å². The van der Waals surface area contributed by atoms with E-state index in [1.807, 2.05) is 0 Å². The average molecular weight is 402 g/mol. The molecule has 2 aliphatic rings. The second kappa shape index (κ2) is 7.19. The second-order valence-electron chi connectivity index (χ2n) is 7.45. The normalized spacial score (nSPS) is 19.0. The van der Waals surface area contributed by atoms with E-state index in [1.165, 1.54) is 23.8 Å². The molecule has 2 aliphatic heterocycles. The van der Waals surface area contributed by atoms with Crippen LogP contribution in [0.15, 0.2) is 24.3 Å². The number of anilines is 2. The minimum atomic E-state index is -1.23. The molecule has 10 heteroatoms. The Morgan fingerprint density at radius 2 is 1.86 bits per heavy atom. The van der Waals surface area contributed by atoms with Crippen molar-refractivity contribution in [3.05, 3.63) is 24.3 Å². The Bertz CT molecular complexity index is 912. The van der Waals surface area contributed by atoms with Crippen LogP contribution in [-0.2, 0) is 23.9 Å². The number of para-hydroxylation sites is 2. The van der Waals surface area contributed by atoms with Crippen molar-refractivity contribution >= 4 is 41.1 Å². The molecule has 1 aromatic carbocycles. The highest BCUT2D eigenvalue weighted by molar-refractivity contribution is 6.15. The third kappa shape index (κ3) is 3.53. The van der Waals surface area contributed by atoms with Gasteiger partial charge in [-0.3, -0.25) is 29.0 Å². The molecule has 10 nitrogen and oxygen atoms in total. The van der Waals surface area contributed by atoms with Crippen LogP contribution in [0.4, 0.5) is 16.2 Å². The smallest absolute Gasteiger partial charge is 0.327 e. The number of hydrogen-bond donors (Lipinski definition) is 1. The lowest BCUT2D eigenvalue weighted by molar-refractivity contribution is -0.156. The zero-order chi connectivity index (χ0) is 21.5. The lowest BCUT2D eigenvalue weighted by Crippen LogP contribution is -2.60. The summed E-state index contributed by atoms with van der Waals surface area (Å²) in [6.45, 7) is 3.85. The van der Waals surface area contributed by atoms with Gasteiger partial charge < -0.3 is 15.0 Å². The Hall–Kier alpha value is -3.43. The van der Waals surface area contributed by atoms with Crippen LogP contribution in [0.25, 0.3) is 0 Å². The number of likely N-dealkylation sites (N-methyl/N-ethyl adjacent to an activating group) is 1. The molecule has 0 unspecified atom stereocenters. The molecule has 3 rings (SSSR count). The molecule has 0 bridgehead atoms. The van der Waals surface area contributed by atoms with Crippen LogP contribution in [-0.4, -0.2) is 71.3 Å². The molecular weight excluding hydrogens is 380 g/mol. The number of rotatable bonds is 4.